The van der Waals surface area contributed by atoms with Crippen molar-refractivity contribution >= 4 is 65.2 Å². The molecule has 17 heteroatoms. The van der Waals surface area contributed by atoms with E-state index >= 15 is 0 Å². The molecule has 1 heterocycles. The third-order valence-electron chi connectivity index (χ3n) is 9.90. The van der Waals surface area contributed by atoms with Gasteiger partial charge in [-0.1, -0.05) is 56.1 Å². The zero-order valence-corrected chi connectivity index (χ0v) is 43.7. The van der Waals surface area contributed by atoms with E-state index in [0.29, 0.717) is 68.7 Å². The van der Waals surface area contributed by atoms with Gasteiger partial charge in [0, 0.05) is 47.9 Å². The highest BCUT2D eigenvalue weighted by atomic mass is 35.5. The largest absolute Gasteiger partial charge is 0.497 e. The molecule has 0 fully saturated rings. The number of halogens is 2. The van der Waals surface area contributed by atoms with Gasteiger partial charge >= 0.3 is 0 Å². The first-order valence-corrected chi connectivity index (χ1v) is 23.3. The van der Waals surface area contributed by atoms with Crippen molar-refractivity contribution in [1.82, 2.24) is 20.5 Å². The number of aromatic nitrogens is 1. The average Bonchev–Trinajstić information content (AvgIpc) is 3.66. The van der Waals surface area contributed by atoms with E-state index < -0.39 is 6.04 Å². The number of carbonyl (C=O) groups is 7. The SMILES string of the molecule is CC.CC=O.CNCCCCC(NC)C(C)=O.CO.CO.COc1ccc2c(c1)c(CC(=O)NC(C=O)CCC=O)c(C)n2C(=O)c1ccc(Cl)cc1.Cc1ccc(-c2ccc(OCC=O)cc2)c(F)c1. The van der Waals surface area contributed by atoms with E-state index in [0.717, 1.165) is 57.4 Å². The lowest BCUT2D eigenvalue weighted by Crippen LogP contribution is -2.37. The van der Waals surface area contributed by atoms with Crippen molar-refractivity contribution in [2.45, 2.75) is 92.2 Å². The normalized spacial score (nSPS) is 10.5. The summed E-state index contributed by atoms with van der Waals surface area (Å²) in [5.41, 5.74) is 4.59. The van der Waals surface area contributed by atoms with Crippen molar-refractivity contribution in [3.05, 3.63) is 118 Å². The highest BCUT2D eigenvalue weighted by molar-refractivity contribution is 6.30. The number of benzene rings is 4. The van der Waals surface area contributed by atoms with Crippen molar-refractivity contribution < 1.29 is 57.6 Å². The third kappa shape index (κ3) is 24.3. The number of hydrogen-bond donors (Lipinski definition) is 5. The Morgan fingerprint density at radius 3 is 1.93 bits per heavy atom. The summed E-state index contributed by atoms with van der Waals surface area (Å²) in [6.07, 6.45) is 6.33. The molecule has 1 aromatic heterocycles. The summed E-state index contributed by atoms with van der Waals surface area (Å²) in [6.45, 7) is 11.8. The van der Waals surface area contributed by atoms with Gasteiger partial charge in [-0.25, -0.2) is 4.39 Å². The monoisotopic (exact) mass is 1010 g/mol. The molecule has 2 atom stereocenters. The van der Waals surface area contributed by atoms with Crippen LogP contribution in [0.1, 0.15) is 87.0 Å². The summed E-state index contributed by atoms with van der Waals surface area (Å²) >= 11 is 5.95. The number of ether oxygens (including phenoxy) is 2. The number of aldehydes is 4. The number of aliphatic hydroxyl groups excluding tert-OH is 2. The number of nitrogens with zero attached hydrogens (tertiary/aromatic N) is 1. The predicted octanol–water partition coefficient (Wildman–Crippen LogP) is 7.89. The first kappa shape index (κ1) is 66.7. The van der Waals surface area contributed by atoms with Crippen LogP contribution in [0.3, 0.4) is 0 Å². The minimum atomic E-state index is -0.744. The number of rotatable bonds is 20. The number of nitrogens with one attached hydrogen (secondary N) is 3. The van der Waals surface area contributed by atoms with Crippen molar-refractivity contribution in [3.8, 4) is 22.6 Å². The van der Waals surface area contributed by atoms with E-state index in [9.17, 15) is 33.2 Å². The maximum atomic E-state index is 13.8. The second-order valence-electron chi connectivity index (χ2n) is 14.6. The van der Waals surface area contributed by atoms with E-state index in [4.69, 9.17) is 36.1 Å². The lowest BCUT2D eigenvalue weighted by atomic mass is 10.0. The maximum Gasteiger partial charge on any atom is 0.262 e. The summed E-state index contributed by atoms with van der Waals surface area (Å²) in [5.74, 6) is 0.554. The Balaban J connectivity index is 0. The van der Waals surface area contributed by atoms with Gasteiger partial charge in [-0.3, -0.25) is 23.7 Å². The van der Waals surface area contributed by atoms with Gasteiger partial charge in [0.05, 0.1) is 31.1 Å². The molecule has 0 saturated carbocycles. The minimum absolute atomic E-state index is 0.0260. The van der Waals surface area contributed by atoms with Gasteiger partial charge in [0.1, 0.15) is 48.6 Å². The van der Waals surface area contributed by atoms with Crippen LogP contribution >= 0.6 is 11.6 Å². The van der Waals surface area contributed by atoms with Gasteiger partial charge in [0.15, 0.2) is 6.29 Å². The Hall–Kier alpha value is -6.43. The lowest BCUT2D eigenvalue weighted by molar-refractivity contribution is -0.123. The topological polar surface area (TPSA) is 219 Å². The zero-order chi connectivity index (χ0) is 54.3. The molecule has 0 aliphatic rings. The molecule has 0 radical (unpaired) electrons. The van der Waals surface area contributed by atoms with Crippen LogP contribution in [0.25, 0.3) is 22.0 Å². The van der Waals surface area contributed by atoms with Crippen molar-refractivity contribution in [2.75, 3.05) is 48.6 Å². The predicted molar refractivity (Wildman–Crippen MR) is 280 cm³/mol. The van der Waals surface area contributed by atoms with Crippen LogP contribution in [0, 0.1) is 19.7 Å². The van der Waals surface area contributed by atoms with Crippen LogP contribution in [-0.4, -0.2) is 118 Å². The number of fused-ring (bicyclic) bond motifs is 1. The first-order chi connectivity index (χ1) is 34.2. The molecule has 2 unspecified atom stereocenters. The third-order valence-corrected chi connectivity index (χ3v) is 10.1. The quantitative estimate of drug-likeness (QED) is 0.0371. The minimum Gasteiger partial charge on any atom is -0.497 e. The highest BCUT2D eigenvalue weighted by Gasteiger charge is 2.23. The molecule has 0 saturated heterocycles. The number of unbranched alkanes of at least 4 members (excludes halogenated alkanes) is 1. The summed E-state index contributed by atoms with van der Waals surface area (Å²) in [7, 11) is 7.32. The average molecular weight is 1010 g/mol. The van der Waals surface area contributed by atoms with Gasteiger partial charge in [-0.2, -0.15) is 0 Å². The molecule has 0 spiro atoms. The zero-order valence-electron chi connectivity index (χ0n) is 43.0. The molecule has 0 bridgehead atoms. The lowest BCUT2D eigenvalue weighted by Gasteiger charge is -2.12. The van der Waals surface area contributed by atoms with Crippen LogP contribution < -0.4 is 25.4 Å². The maximum absolute atomic E-state index is 13.8. The first-order valence-electron chi connectivity index (χ1n) is 22.9. The van der Waals surface area contributed by atoms with Crippen LogP contribution in [-0.2, 0) is 35.2 Å². The number of aryl methyl sites for hydroxylation is 1. The summed E-state index contributed by atoms with van der Waals surface area (Å²) in [5, 5.41) is 24.0. The second-order valence-corrected chi connectivity index (χ2v) is 15.0. The fraction of sp³-hybridized carbons (Fsp3) is 0.389. The Morgan fingerprint density at radius 1 is 0.817 bits per heavy atom. The molecule has 71 heavy (non-hydrogen) atoms. The van der Waals surface area contributed by atoms with Crippen LogP contribution in [0.15, 0.2) is 84.9 Å². The highest BCUT2D eigenvalue weighted by Crippen LogP contribution is 2.31. The number of hydrogen-bond acceptors (Lipinski definition) is 13. The van der Waals surface area contributed by atoms with Gasteiger partial charge in [-0.05, 0) is 145 Å². The van der Waals surface area contributed by atoms with Gasteiger partial charge in [0.2, 0.25) is 5.91 Å². The second kappa shape index (κ2) is 40.3. The van der Waals surface area contributed by atoms with Crippen molar-refractivity contribution in [1.29, 1.82) is 0 Å². The number of Topliss-reactive ketones (excluding diaryl/α,β-unsaturated/α-hetero) is 1. The van der Waals surface area contributed by atoms with Crippen molar-refractivity contribution in [3.63, 3.8) is 0 Å². The fourth-order valence-electron chi connectivity index (χ4n) is 6.55. The molecule has 4 aromatic carbocycles. The number of aliphatic hydroxyl groups is 2. The fourth-order valence-corrected chi connectivity index (χ4v) is 6.68. The van der Waals surface area contributed by atoms with Gasteiger partial charge < -0.3 is 50.0 Å². The number of methoxy groups -OCH3 is 1. The molecule has 15 nitrogen and oxygen atoms in total. The molecular formula is C54H74ClFN4O11. The van der Waals surface area contributed by atoms with Gasteiger partial charge in [0.25, 0.3) is 5.91 Å². The molecule has 1 amide bonds. The molecule has 5 rings (SSSR count). The van der Waals surface area contributed by atoms with Crippen LogP contribution in [0.5, 0.6) is 11.5 Å². The molecule has 5 aromatic rings. The van der Waals surface area contributed by atoms with Crippen LogP contribution in [0.4, 0.5) is 4.39 Å². The molecule has 5 N–H and O–H groups in total. The molecule has 0 aliphatic heterocycles. The summed E-state index contributed by atoms with van der Waals surface area (Å²) in [4.78, 5) is 77.7. The number of carbonyl (C=O) groups excluding carboxylic acids is 7. The summed E-state index contributed by atoms with van der Waals surface area (Å²) in [6, 6.07) is 23.3. The van der Waals surface area contributed by atoms with E-state index in [-0.39, 0.29) is 55.3 Å². The standard InChI is InChI=1S/C24H23ClN2O5.C15H13FO2.C9H20N2O.C2H4O.C2H6.2CH4O/c1-15-20(13-23(30)26-18(14-29)4-3-11-28)21-12-19(32-2)9-10-22(21)27(15)24(31)16-5-7-17(25)8-6-16;1-11-2-7-14(15(16)10-11)12-3-5-13(6-4-12)18-9-8-17;1-8(12)9(11-3)6-4-5-7-10-2;1-2-3;3*1-2/h5-12,14,18H,3-4,13H2,1-2H3,(H,26,30);2-8,10H,9H2,1H3;9-11H,4-7H2,1-3H3;2H,1H3;1-2H3;2*2H,1H3. The van der Waals surface area contributed by atoms with Gasteiger partial charge in [-0.15, -0.1) is 0 Å². The summed E-state index contributed by atoms with van der Waals surface area (Å²) < 4.78 is 25.8. The Kier molecular flexibility index (Phi) is 37.8. The molecule has 0 aliphatic carbocycles. The van der Waals surface area contributed by atoms with E-state index in [2.05, 4.69) is 16.0 Å². The number of ketones is 1. The molecule has 390 valence electrons. The number of likely N-dealkylation sites (N-methyl/N-ethyl adjacent to an activating group) is 1. The van der Waals surface area contributed by atoms with E-state index in [1.807, 2.05) is 40.9 Å². The Morgan fingerprint density at radius 2 is 1.42 bits per heavy atom. The smallest absolute Gasteiger partial charge is 0.262 e. The van der Waals surface area contributed by atoms with Crippen LogP contribution in [0.2, 0.25) is 5.02 Å². The van der Waals surface area contributed by atoms with Crippen molar-refractivity contribution in [2.24, 2.45) is 0 Å². The Labute approximate surface area is 423 Å². The number of amides is 1. The van der Waals surface area contributed by atoms with E-state index in [1.165, 1.54) is 20.1 Å². The van der Waals surface area contributed by atoms with E-state index in [1.54, 1.807) is 91.2 Å². The molecular weight excluding hydrogens is 935 g/mol. The Bertz CT molecular complexity index is 2320.